The Morgan fingerprint density at radius 1 is 1.00 bits per heavy atom. The fourth-order valence-corrected chi connectivity index (χ4v) is 4.46. The number of aliphatic hydroxyl groups is 1. The minimum absolute atomic E-state index is 0.0238. The van der Waals surface area contributed by atoms with Gasteiger partial charge in [0, 0.05) is 43.4 Å². The summed E-state index contributed by atoms with van der Waals surface area (Å²) >= 11 is 0. The highest BCUT2D eigenvalue weighted by Crippen LogP contribution is 2.32. The van der Waals surface area contributed by atoms with Gasteiger partial charge in [-0.3, -0.25) is 9.59 Å². The number of carbonyl (C=O) groups excluding carboxylic acids is 2. The van der Waals surface area contributed by atoms with Gasteiger partial charge in [0.25, 0.3) is 5.91 Å². The van der Waals surface area contributed by atoms with Crippen molar-refractivity contribution in [3.63, 3.8) is 0 Å². The van der Waals surface area contributed by atoms with Gasteiger partial charge in [-0.25, -0.2) is 0 Å². The Morgan fingerprint density at radius 2 is 1.74 bits per heavy atom. The molecule has 1 saturated heterocycles. The van der Waals surface area contributed by atoms with Crippen LogP contribution in [0.5, 0.6) is 5.75 Å². The lowest BCUT2D eigenvalue weighted by Crippen LogP contribution is -2.50. The van der Waals surface area contributed by atoms with Crippen LogP contribution in [0.15, 0.2) is 48.5 Å². The monoisotopic (exact) mass is 422 g/mol. The summed E-state index contributed by atoms with van der Waals surface area (Å²) in [4.78, 5) is 29.4. The maximum absolute atomic E-state index is 12.9. The number of hydrogen-bond donors (Lipinski definition) is 1. The van der Waals surface area contributed by atoms with Crippen LogP contribution in [0.1, 0.15) is 48.0 Å². The van der Waals surface area contributed by atoms with Crippen LogP contribution in [0.2, 0.25) is 0 Å². The van der Waals surface area contributed by atoms with Gasteiger partial charge in [0.05, 0.1) is 6.61 Å². The van der Waals surface area contributed by atoms with Crippen molar-refractivity contribution >= 4 is 17.5 Å². The van der Waals surface area contributed by atoms with E-state index in [1.807, 2.05) is 40.1 Å². The Labute approximate surface area is 183 Å². The van der Waals surface area contributed by atoms with Crippen LogP contribution in [0.4, 0.5) is 5.69 Å². The van der Waals surface area contributed by atoms with Crippen molar-refractivity contribution in [2.24, 2.45) is 0 Å². The Bertz CT molecular complexity index is 904. The van der Waals surface area contributed by atoms with Gasteiger partial charge in [0.15, 0.2) is 0 Å². The maximum Gasteiger partial charge on any atom is 0.253 e. The zero-order valence-corrected chi connectivity index (χ0v) is 17.8. The average molecular weight is 423 g/mol. The summed E-state index contributed by atoms with van der Waals surface area (Å²) in [5.74, 6) is 0.948. The van der Waals surface area contributed by atoms with Gasteiger partial charge in [0.2, 0.25) is 5.91 Å². The van der Waals surface area contributed by atoms with Crippen LogP contribution in [0, 0.1) is 0 Å². The number of anilines is 1. The molecule has 2 heterocycles. The first-order valence-electron chi connectivity index (χ1n) is 11.2. The average Bonchev–Trinajstić information content (AvgIpc) is 2.82. The van der Waals surface area contributed by atoms with Crippen LogP contribution in [0.3, 0.4) is 0 Å². The molecule has 2 amide bonds. The summed E-state index contributed by atoms with van der Waals surface area (Å²) in [6, 6.07) is 15.6. The number of piperidine rings is 1. The number of aryl methyl sites for hydroxylation is 1. The van der Waals surface area contributed by atoms with Gasteiger partial charge in [-0.05, 0) is 68.0 Å². The smallest absolute Gasteiger partial charge is 0.253 e. The fourth-order valence-electron chi connectivity index (χ4n) is 4.46. The first-order chi connectivity index (χ1) is 15.2. The van der Waals surface area contributed by atoms with Gasteiger partial charge in [-0.15, -0.1) is 0 Å². The number of nitrogens with zero attached hydrogens (tertiary/aromatic N) is 2. The summed E-state index contributed by atoms with van der Waals surface area (Å²) in [6.45, 7) is 2.02. The van der Waals surface area contributed by atoms with E-state index in [2.05, 4.69) is 6.07 Å². The highest BCUT2D eigenvalue weighted by Gasteiger charge is 2.33. The predicted molar refractivity (Wildman–Crippen MR) is 119 cm³/mol. The van der Waals surface area contributed by atoms with Gasteiger partial charge in [-0.2, -0.15) is 0 Å². The number of rotatable bonds is 7. The molecule has 0 aromatic heterocycles. The standard InChI is InChI=1S/C25H30N2O4/c28-17-3-4-18-31-22-10-7-20(8-11-22)25(30)26-15-13-21(14-16-26)27-23-6-2-1-5-19(23)9-12-24(27)29/h1-2,5-8,10-11,21,28H,3-4,9,12-18H2. The zero-order chi connectivity index (χ0) is 21.6. The van der Waals surface area contributed by atoms with Crippen molar-refractivity contribution in [1.82, 2.24) is 4.90 Å². The van der Waals surface area contributed by atoms with Gasteiger partial charge < -0.3 is 19.6 Å². The summed E-state index contributed by atoms with van der Waals surface area (Å²) < 4.78 is 5.63. The lowest BCUT2D eigenvalue weighted by molar-refractivity contribution is -0.119. The molecule has 0 unspecified atom stereocenters. The molecule has 6 heteroatoms. The number of likely N-dealkylation sites (tertiary alicyclic amines) is 1. The van der Waals surface area contributed by atoms with E-state index in [-0.39, 0.29) is 24.5 Å². The summed E-state index contributed by atoms with van der Waals surface area (Å²) in [5, 5.41) is 8.81. The summed E-state index contributed by atoms with van der Waals surface area (Å²) in [5.41, 5.74) is 2.93. The van der Waals surface area contributed by atoms with Gasteiger partial charge in [-0.1, -0.05) is 18.2 Å². The number of hydrogen-bond acceptors (Lipinski definition) is 4. The lowest BCUT2D eigenvalue weighted by atomic mass is 9.95. The minimum Gasteiger partial charge on any atom is -0.494 e. The Morgan fingerprint density at radius 3 is 2.48 bits per heavy atom. The van der Waals surface area contributed by atoms with Crippen LogP contribution in [-0.4, -0.2) is 54.2 Å². The topological polar surface area (TPSA) is 70.1 Å². The highest BCUT2D eigenvalue weighted by atomic mass is 16.5. The van der Waals surface area contributed by atoms with E-state index in [0.29, 0.717) is 31.7 Å². The van der Waals surface area contributed by atoms with Crippen molar-refractivity contribution in [3.8, 4) is 5.75 Å². The maximum atomic E-state index is 12.9. The molecule has 31 heavy (non-hydrogen) atoms. The molecule has 0 aliphatic carbocycles. The molecule has 0 saturated carbocycles. The van der Waals surface area contributed by atoms with Crippen LogP contribution in [-0.2, 0) is 11.2 Å². The van der Waals surface area contributed by atoms with Crippen molar-refractivity contribution in [3.05, 3.63) is 59.7 Å². The van der Waals surface area contributed by atoms with Crippen LogP contribution in [0.25, 0.3) is 0 Å². The molecule has 0 spiro atoms. The lowest BCUT2D eigenvalue weighted by Gasteiger charge is -2.41. The first-order valence-corrected chi connectivity index (χ1v) is 11.2. The Hall–Kier alpha value is -2.86. The van der Waals surface area contributed by atoms with Crippen molar-refractivity contribution in [2.45, 2.75) is 44.6 Å². The molecular weight excluding hydrogens is 392 g/mol. The molecule has 0 radical (unpaired) electrons. The van der Waals surface area contributed by atoms with E-state index < -0.39 is 0 Å². The number of aliphatic hydroxyl groups excluding tert-OH is 1. The molecule has 4 rings (SSSR count). The third kappa shape index (κ3) is 4.90. The van der Waals surface area contributed by atoms with Crippen molar-refractivity contribution < 1.29 is 19.4 Å². The molecule has 6 nitrogen and oxygen atoms in total. The second kappa shape index (κ2) is 9.96. The van der Waals surface area contributed by atoms with E-state index in [0.717, 1.165) is 43.5 Å². The van der Waals surface area contributed by atoms with E-state index >= 15 is 0 Å². The number of fused-ring (bicyclic) bond motifs is 1. The number of carbonyl (C=O) groups is 2. The number of ether oxygens (including phenoxy) is 1. The van der Waals surface area contributed by atoms with E-state index in [1.54, 1.807) is 12.1 Å². The second-order valence-corrected chi connectivity index (χ2v) is 8.22. The molecule has 1 N–H and O–H groups in total. The number of amides is 2. The van der Waals surface area contributed by atoms with E-state index in [9.17, 15) is 9.59 Å². The molecule has 1 fully saturated rings. The van der Waals surface area contributed by atoms with Gasteiger partial charge in [0.1, 0.15) is 5.75 Å². The number of unbranched alkanes of at least 4 members (excludes halogenated alkanes) is 1. The first kappa shape index (κ1) is 21.4. The van der Waals surface area contributed by atoms with Crippen LogP contribution >= 0.6 is 0 Å². The molecule has 0 bridgehead atoms. The zero-order valence-electron chi connectivity index (χ0n) is 17.8. The Balaban J connectivity index is 1.34. The van der Waals surface area contributed by atoms with Gasteiger partial charge >= 0.3 is 0 Å². The normalized spacial score (nSPS) is 16.9. The molecule has 164 valence electrons. The predicted octanol–water partition coefficient (Wildman–Crippen LogP) is 3.42. The third-order valence-corrected chi connectivity index (χ3v) is 6.17. The highest BCUT2D eigenvalue weighted by molar-refractivity contribution is 5.97. The largest absolute Gasteiger partial charge is 0.494 e. The molecular formula is C25H30N2O4. The number of benzene rings is 2. The second-order valence-electron chi connectivity index (χ2n) is 8.22. The Kier molecular flexibility index (Phi) is 6.87. The van der Waals surface area contributed by atoms with E-state index in [4.69, 9.17) is 9.84 Å². The SMILES string of the molecule is O=C(c1ccc(OCCCCO)cc1)N1CCC(N2C(=O)CCc3ccccc32)CC1. The van der Waals surface area contributed by atoms with Crippen LogP contribution < -0.4 is 9.64 Å². The minimum atomic E-state index is 0.0238. The molecule has 2 aliphatic heterocycles. The summed E-state index contributed by atoms with van der Waals surface area (Å²) in [6.07, 6.45) is 4.47. The third-order valence-electron chi connectivity index (χ3n) is 6.17. The summed E-state index contributed by atoms with van der Waals surface area (Å²) in [7, 11) is 0. The molecule has 2 aromatic rings. The molecule has 2 aliphatic rings. The fraction of sp³-hybridized carbons (Fsp3) is 0.440. The van der Waals surface area contributed by atoms with Crippen molar-refractivity contribution in [2.75, 3.05) is 31.2 Å². The van der Waals surface area contributed by atoms with E-state index in [1.165, 1.54) is 5.56 Å². The number of para-hydroxylation sites is 1. The van der Waals surface area contributed by atoms with Crippen molar-refractivity contribution in [1.29, 1.82) is 0 Å². The molecule has 2 aromatic carbocycles. The quantitative estimate of drug-likeness (QED) is 0.694. The molecule has 0 atom stereocenters.